The summed E-state index contributed by atoms with van der Waals surface area (Å²) in [4.78, 5) is 3.96. The van der Waals surface area contributed by atoms with Crippen LogP contribution in [-0.2, 0) is 0 Å². The molecule has 2 rings (SSSR count). The largest absolute Gasteiger partial charge is 0.396 e. The number of hydrogen-bond acceptors (Lipinski definition) is 3. The molecule has 1 aliphatic heterocycles. The number of nitrogen functional groups attached to an aromatic ring is 1. The molecular formula is C10H12FN3. The van der Waals surface area contributed by atoms with Crippen LogP contribution < -0.4 is 10.6 Å². The Morgan fingerprint density at radius 3 is 2.71 bits per heavy atom. The highest BCUT2D eigenvalue weighted by Gasteiger charge is 2.11. The zero-order valence-corrected chi connectivity index (χ0v) is 7.94. The molecule has 1 heterocycles. The van der Waals surface area contributed by atoms with Crippen LogP contribution in [0.4, 0.5) is 15.8 Å². The van der Waals surface area contributed by atoms with Crippen LogP contribution in [0, 0.1) is 5.82 Å². The molecule has 1 aliphatic rings. The summed E-state index contributed by atoms with van der Waals surface area (Å²) in [7, 11) is 1.96. The van der Waals surface area contributed by atoms with Gasteiger partial charge in [0.2, 0.25) is 0 Å². The van der Waals surface area contributed by atoms with E-state index in [1.54, 1.807) is 6.07 Å². The number of benzene rings is 1. The highest BCUT2D eigenvalue weighted by molar-refractivity contribution is 5.56. The first-order valence-corrected chi connectivity index (χ1v) is 4.37. The maximum Gasteiger partial charge on any atom is 0.148 e. The summed E-state index contributed by atoms with van der Waals surface area (Å²) < 4.78 is 13.1. The Balaban J connectivity index is 2.25. The van der Waals surface area contributed by atoms with Gasteiger partial charge in [0, 0.05) is 25.1 Å². The van der Waals surface area contributed by atoms with Gasteiger partial charge in [-0.1, -0.05) is 0 Å². The minimum absolute atomic E-state index is 0.185. The molecule has 0 saturated heterocycles. The standard InChI is InChI=1S/C10H12FN3/c1-13-4-5-14(7-13)8-2-3-10(12)9(11)6-8/h2-6H,7,12H2,1H3. The fraction of sp³-hybridized carbons (Fsp3) is 0.200. The number of rotatable bonds is 1. The number of hydrogen-bond donors (Lipinski definition) is 1. The summed E-state index contributed by atoms with van der Waals surface area (Å²) in [5.74, 6) is -0.370. The van der Waals surface area contributed by atoms with Crippen LogP contribution in [0.15, 0.2) is 30.6 Å². The lowest BCUT2D eigenvalue weighted by molar-refractivity contribution is 0.495. The molecule has 0 aliphatic carbocycles. The first-order valence-electron chi connectivity index (χ1n) is 4.37. The van der Waals surface area contributed by atoms with Gasteiger partial charge in [-0.2, -0.15) is 0 Å². The molecule has 4 heteroatoms. The molecule has 74 valence electrons. The summed E-state index contributed by atoms with van der Waals surface area (Å²) in [6.45, 7) is 0.739. The summed E-state index contributed by atoms with van der Waals surface area (Å²) >= 11 is 0. The lowest BCUT2D eigenvalue weighted by Gasteiger charge is -2.18. The van der Waals surface area contributed by atoms with Gasteiger partial charge in [0.05, 0.1) is 12.4 Å². The Bertz CT molecular complexity index is 376. The van der Waals surface area contributed by atoms with E-state index in [0.29, 0.717) is 0 Å². The Hall–Kier alpha value is -1.71. The van der Waals surface area contributed by atoms with Gasteiger partial charge in [-0.05, 0) is 18.2 Å². The van der Waals surface area contributed by atoms with E-state index in [0.717, 1.165) is 12.4 Å². The molecule has 1 aromatic rings. The second-order valence-electron chi connectivity index (χ2n) is 3.37. The van der Waals surface area contributed by atoms with Crippen molar-refractivity contribution in [2.45, 2.75) is 0 Å². The predicted octanol–water partition coefficient (Wildman–Crippen LogP) is 1.59. The normalized spacial score (nSPS) is 15.3. The van der Waals surface area contributed by atoms with Gasteiger partial charge in [0.25, 0.3) is 0 Å². The number of anilines is 2. The van der Waals surface area contributed by atoms with Gasteiger partial charge >= 0.3 is 0 Å². The van der Waals surface area contributed by atoms with Crippen LogP contribution in [0.25, 0.3) is 0 Å². The number of nitrogens with zero attached hydrogens (tertiary/aromatic N) is 2. The Morgan fingerprint density at radius 1 is 1.36 bits per heavy atom. The maximum absolute atomic E-state index is 13.1. The molecule has 14 heavy (non-hydrogen) atoms. The first kappa shape index (κ1) is 8.87. The molecule has 0 amide bonds. The van der Waals surface area contributed by atoms with Crippen molar-refractivity contribution in [2.75, 3.05) is 24.3 Å². The van der Waals surface area contributed by atoms with Crippen molar-refractivity contribution < 1.29 is 4.39 Å². The number of nitrogens with two attached hydrogens (primary N) is 1. The van der Waals surface area contributed by atoms with E-state index in [2.05, 4.69) is 0 Å². The SMILES string of the molecule is CN1C=CN(c2ccc(N)c(F)c2)C1. The van der Waals surface area contributed by atoms with Crippen LogP contribution in [0.5, 0.6) is 0 Å². The lowest BCUT2D eigenvalue weighted by atomic mass is 10.2. The summed E-state index contributed by atoms with van der Waals surface area (Å²) in [5.41, 5.74) is 6.40. The third-order valence-corrected chi connectivity index (χ3v) is 2.19. The van der Waals surface area contributed by atoms with E-state index in [1.807, 2.05) is 35.3 Å². The topological polar surface area (TPSA) is 32.5 Å². The molecule has 0 saturated carbocycles. The molecule has 0 bridgehead atoms. The zero-order chi connectivity index (χ0) is 10.1. The van der Waals surface area contributed by atoms with Crippen molar-refractivity contribution in [3.8, 4) is 0 Å². The van der Waals surface area contributed by atoms with Gasteiger partial charge in [-0.15, -0.1) is 0 Å². The zero-order valence-electron chi connectivity index (χ0n) is 7.94. The molecule has 2 N–H and O–H groups in total. The third-order valence-electron chi connectivity index (χ3n) is 2.19. The quantitative estimate of drug-likeness (QED) is 0.687. The average Bonchev–Trinajstić information content (AvgIpc) is 2.57. The smallest absolute Gasteiger partial charge is 0.148 e. The molecule has 0 radical (unpaired) electrons. The van der Waals surface area contributed by atoms with Crippen molar-refractivity contribution in [1.82, 2.24) is 4.90 Å². The molecule has 3 nitrogen and oxygen atoms in total. The maximum atomic E-state index is 13.1. The fourth-order valence-corrected chi connectivity index (χ4v) is 1.39. The molecule has 0 unspecified atom stereocenters. The van der Waals surface area contributed by atoms with Crippen molar-refractivity contribution in [3.05, 3.63) is 36.4 Å². The van der Waals surface area contributed by atoms with Gasteiger partial charge in [-0.3, -0.25) is 0 Å². The van der Waals surface area contributed by atoms with Crippen molar-refractivity contribution >= 4 is 11.4 Å². The van der Waals surface area contributed by atoms with E-state index < -0.39 is 0 Å². The van der Waals surface area contributed by atoms with Gasteiger partial charge in [0.15, 0.2) is 0 Å². The van der Waals surface area contributed by atoms with Gasteiger partial charge < -0.3 is 15.5 Å². The first-order chi connectivity index (χ1) is 6.66. The Morgan fingerprint density at radius 2 is 2.14 bits per heavy atom. The van der Waals surface area contributed by atoms with Crippen LogP contribution in [-0.4, -0.2) is 18.6 Å². The lowest BCUT2D eigenvalue weighted by Crippen LogP contribution is -2.21. The monoisotopic (exact) mass is 193 g/mol. The van der Waals surface area contributed by atoms with Crippen molar-refractivity contribution in [3.63, 3.8) is 0 Å². The van der Waals surface area contributed by atoms with Crippen LogP contribution >= 0.6 is 0 Å². The molecule has 0 atom stereocenters. The minimum Gasteiger partial charge on any atom is -0.396 e. The minimum atomic E-state index is -0.370. The fourth-order valence-electron chi connectivity index (χ4n) is 1.39. The van der Waals surface area contributed by atoms with E-state index in [9.17, 15) is 4.39 Å². The molecular weight excluding hydrogens is 181 g/mol. The molecule has 0 fully saturated rings. The summed E-state index contributed by atoms with van der Waals surface area (Å²) in [6.07, 6.45) is 3.85. The molecule has 0 spiro atoms. The highest BCUT2D eigenvalue weighted by Crippen LogP contribution is 2.22. The summed E-state index contributed by atoms with van der Waals surface area (Å²) in [6, 6.07) is 4.83. The summed E-state index contributed by atoms with van der Waals surface area (Å²) in [5, 5.41) is 0. The van der Waals surface area contributed by atoms with Crippen LogP contribution in [0.3, 0.4) is 0 Å². The van der Waals surface area contributed by atoms with E-state index in [1.165, 1.54) is 6.07 Å². The van der Waals surface area contributed by atoms with Gasteiger partial charge in [0.1, 0.15) is 5.82 Å². The molecule has 0 aromatic heterocycles. The second-order valence-corrected chi connectivity index (χ2v) is 3.37. The van der Waals surface area contributed by atoms with Crippen LogP contribution in [0.2, 0.25) is 0 Å². The second kappa shape index (κ2) is 3.21. The van der Waals surface area contributed by atoms with Crippen LogP contribution in [0.1, 0.15) is 0 Å². The van der Waals surface area contributed by atoms with E-state index in [4.69, 9.17) is 5.73 Å². The highest BCUT2D eigenvalue weighted by atomic mass is 19.1. The number of halogens is 1. The Kier molecular flexibility index (Phi) is 2.04. The van der Waals surface area contributed by atoms with Crippen molar-refractivity contribution in [2.24, 2.45) is 0 Å². The average molecular weight is 193 g/mol. The molecule has 1 aromatic carbocycles. The van der Waals surface area contributed by atoms with E-state index in [-0.39, 0.29) is 11.5 Å². The Labute approximate surface area is 82.2 Å². The third kappa shape index (κ3) is 1.51. The predicted molar refractivity (Wildman–Crippen MR) is 55.1 cm³/mol. The van der Waals surface area contributed by atoms with Crippen molar-refractivity contribution in [1.29, 1.82) is 0 Å². The van der Waals surface area contributed by atoms with Gasteiger partial charge in [-0.25, -0.2) is 4.39 Å². The van der Waals surface area contributed by atoms with E-state index >= 15 is 0 Å².